The average molecular weight is 409 g/mol. The predicted octanol–water partition coefficient (Wildman–Crippen LogP) is 1.93. The highest BCUT2D eigenvalue weighted by molar-refractivity contribution is 7.98. The van der Waals surface area contributed by atoms with E-state index in [4.69, 9.17) is 21.1 Å². The van der Waals surface area contributed by atoms with Gasteiger partial charge < -0.3 is 14.8 Å². The van der Waals surface area contributed by atoms with E-state index in [2.05, 4.69) is 20.7 Å². The Balaban J connectivity index is 1.76. The third kappa shape index (κ3) is 3.67. The topological polar surface area (TPSA) is 106 Å². The maximum atomic E-state index is 12.1. The van der Waals surface area contributed by atoms with Crippen molar-refractivity contribution in [2.24, 2.45) is 0 Å². The molecule has 142 valence electrons. The monoisotopic (exact) mass is 408 g/mol. The number of benzene rings is 1. The first-order valence-corrected chi connectivity index (χ1v) is 9.87. The third-order valence-corrected chi connectivity index (χ3v) is 5.82. The molecular formula is C17H17ClN4O4S. The van der Waals surface area contributed by atoms with Gasteiger partial charge in [0.15, 0.2) is 0 Å². The van der Waals surface area contributed by atoms with Crippen LogP contribution in [0.2, 0.25) is 5.02 Å². The second-order valence-corrected chi connectivity index (χ2v) is 7.68. The Bertz CT molecular complexity index is 856. The average Bonchev–Trinajstić information content (AvgIpc) is 3.04. The van der Waals surface area contributed by atoms with Crippen molar-refractivity contribution in [3.8, 4) is 0 Å². The Kier molecular flexibility index (Phi) is 5.07. The maximum absolute atomic E-state index is 12.1. The van der Waals surface area contributed by atoms with Gasteiger partial charge in [0.25, 0.3) is 5.79 Å². The Morgan fingerprint density at radius 2 is 1.96 bits per heavy atom. The lowest BCUT2D eigenvalue weighted by Gasteiger charge is -2.32. The molecule has 0 atom stereocenters. The van der Waals surface area contributed by atoms with Crippen molar-refractivity contribution in [1.82, 2.24) is 20.7 Å². The summed E-state index contributed by atoms with van der Waals surface area (Å²) in [5.74, 6) is -1.81. The van der Waals surface area contributed by atoms with E-state index in [1.54, 1.807) is 18.3 Å². The van der Waals surface area contributed by atoms with Gasteiger partial charge in [-0.2, -0.15) is 10.3 Å². The van der Waals surface area contributed by atoms with Crippen molar-refractivity contribution < 1.29 is 19.1 Å². The molecule has 27 heavy (non-hydrogen) atoms. The molecule has 1 saturated heterocycles. The van der Waals surface area contributed by atoms with Crippen molar-refractivity contribution in [1.29, 1.82) is 0 Å². The Morgan fingerprint density at radius 1 is 1.19 bits per heavy atom. The number of hydrogen-bond donors (Lipinski definition) is 2. The molecule has 0 saturated carbocycles. The Labute approximate surface area is 164 Å². The van der Waals surface area contributed by atoms with Crippen LogP contribution < -0.4 is 5.32 Å². The molecule has 0 aliphatic carbocycles. The highest BCUT2D eigenvalue weighted by atomic mass is 35.5. The number of aromatic nitrogens is 3. The number of nitrogens with zero attached hydrogens (tertiary/aromatic N) is 2. The van der Waals surface area contributed by atoms with Gasteiger partial charge in [0.05, 0.1) is 25.6 Å². The van der Waals surface area contributed by atoms with Crippen LogP contribution in [-0.4, -0.2) is 40.4 Å². The molecule has 1 spiro atoms. The summed E-state index contributed by atoms with van der Waals surface area (Å²) < 4.78 is 11.3. The number of esters is 2. The van der Waals surface area contributed by atoms with Gasteiger partial charge in [0, 0.05) is 16.3 Å². The normalized spacial score (nSPS) is 19.0. The van der Waals surface area contributed by atoms with Crippen molar-refractivity contribution in [3.63, 3.8) is 0 Å². The van der Waals surface area contributed by atoms with Crippen LogP contribution in [0.25, 0.3) is 0 Å². The van der Waals surface area contributed by atoms with E-state index in [0.717, 1.165) is 16.2 Å². The molecule has 10 heteroatoms. The lowest BCUT2D eigenvalue weighted by molar-refractivity contribution is -0.225. The number of halogens is 1. The van der Waals surface area contributed by atoms with E-state index in [-0.39, 0.29) is 19.4 Å². The van der Waals surface area contributed by atoms with E-state index in [0.29, 0.717) is 29.3 Å². The van der Waals surface area contributed by atoms with E-state index < -0.39 is 17.7 Å². The molecule has 1 fully saturated rings. The summed E-state index contributed by atoms with van der Waals surface area (Å²) in [5.41, 5.74) is 2.49. The predicted molar refractivity (Wildman–Crippen MR) is 97.1 cm³/mol. The van der Waals surface area contributed by atoms with Crippen LogP contribution in [0.15, 0.2) is 23.4 Å². The molecule has 2 N–H and O–H groups in total. The molecule has 1 aromatic carbocycles. The molecule has 0 unspecified atom stereocenters. The molecule has 4 rings (SSSR count). The fraction of sp³-hybridized carbons (Fsp3) is 0.412. The number of rotatable bonds is 3. The van der Waals surface area contributed by atoms with Crippen LogP contribution >= 0.6 is 23.4 Å². The number of nitrogens with one attached hydrogen (secondary N) is 2. The number of aromatic amines is 1. The first kappa shape index (κ1) is 18.3. The van der Waals surface area contributed by atoms with Gasteiger partial charge in [0.2, 0.25) is 0 Å². The summed E-state index contributed by atoms with van der Waals surface area (Å²) in [5, 5.41) is 15.0. The number of H-pyrrole nitrogens is 1. The third-order valence-electron chi connectivity index (χ3n) is 4.54. The van der Waals surface area contributed by atoms with Crippen LogP contribution in [0.5, 0.6) is 0 Å². The fourth-order valence-electron chi connectivity index (χ4n) is 3.31. The first-order valence-electron chi connectivity index (χ1n) is 8.51. The van der Waals surface area contributed by atoms with Crippen LogP contribution in [0, 0.1) is 0 Å². The Morgan fingerprint density at radius 3 is 2.67 bits per heavy atom. The van der Waals surface area contributed by atoms with E-state index in [1.807, 2.05) is 0 Å². The summed E-state index contributed by atoms with van der Waals surface area (Å²) in [6.45, 7) is 0.848. The van der Waals surface area contributed by atoms with Crippen molar-refractivity contribution >= 4 is 35.3 Å². The minimum absolute atomic E-state index is 0.0123. The number of thioether (sulfide) groups is 1. The lowest BCUT2D eigenvalue weighted by Crippen LogP contribution is -2.43. The van der Waals surface area contributed by atoms with Gasteiger partial charge in [0.1, 0.15) is 5.03 Å². The van der Waals surface area contributed by atoms with Gasteiger partial charge in [-0.25, -0.2) is 0 Å². The van der Waals surface area contributed by atoms with Crippen molar-refractivity contribution in [2.75, 3.05) is 13.1 Å². The fourth-order valence-corrected chi connectivity index (χ4v) is 4.49. The molecule has 0 bridgehead atoms. The summed E-state index contributed by atoms with van der Waals surface area (Å²) in [4.78, 5) is 24.3. The lowest BCUT2D eigenvalue weighted by atomic mass is 9.94. The second-order valence-electron chi connectivity index (χ2n) is 6.28. The van der Waals surface area contributed by atoms with Gasteiger partial charge in [-0.05, 0) is 36.2 Å². The molecular weight excluding hydrogens is 392 g/mol. The number of carbonyl (C=O) groups is 2. The van der Waals surface area contributed by atoms with E-state index in [9.17, 15) is 9.59 Å². The van der Waals surface area contributed by atoms with Crippen molar-refractivity contribution in [3.05, 3.63) is 40.0 Å². The van der Waals surface area contributed by atoms with Crippen molar-refractivity contribution in [2.45, 2.75) is 35.8 Å². The molecule has 2 aromatic rings. The highest BCUT2D eigenvalue weighted by Gasteiger charge is 2.45. The van der Waals surface area contributed by atoms with Crippen LogP contribution in [0.4, 0.5) is 0 Å². The Hall–Kier alpha value is -2.10. The maximum Gasteiger partial charge on any atom is 0.309 e. The second kappa shape index (κ2) is 7.49. The van der Waals surface area contributed by atoms with Crippen LogP contribution in [0.3, 0.4) is 0 Å². The number of hydrogen-bond acceptors (Lipinski definition) is 8. The zero-order chi connectivity index (χ0) is 18.9. The number of ether oxygens (including phenoxy) is 2. The zero-order valence-corrected chi connectivity index (χ0v) is 15.9. The molecule has 3 heterocycles. The summed E-state index contributed by atoms with van der Waals surface area (Å²) in [7, 11) is 0. The van der Waals surface area contributed by atoms with Gasteiger partial charge >= 0.3 is 11.9 Å². The van der Waals surface area contributed by atoms with Crippen LogP contribution in [0.1, 0.15) is 29.5 Å². The molecule has 2 aliphatic heterocycles. The molecule has 1 aromatic heterocycles. The number of fused-ring (bicyclic) bond motifs is 2. The minimum atomic E-state index is -1.46. The molecule has 2 aliphatic rings. The molecule has 0 radical (unpaired) electrons. The largest absolute Gasteiger partial charge is 0.416 e. The summed E-state index contributed by atoms with van der Waals surface area (Å²) in [6.07, 6.45) is 2.33. The van der Waals surface area contributed by atoms with Gasteiger partial charge in [-0.15, -0.1) is 5.10 Å². The SMILES string of the molecule is O=C1CCC(=O)OC2(CNCCc3c2ccc(Cl)c3CSc2cn[nH]n2)O1. The molecule has 8 nitrogen and oxygen atoms in total. The smallest absolute Gasteiger partial charge is 0.309 e. The summed E-state index contributed by atoms with van der Waals surface area (Å²) >= 11 is 7.97. The standard InChI is InChI=1S/C17H17ClN4O4S/c18-13-2-1-12-10(11(13)8-27-14-7-20-22-21-14)5-6-19-9-17(12)25-15(23)3-4-16(24)26-17/h1-2,7,19H,3-6,8-9H2,(H,20,21,22). The highest BCUT2D eigenvalue weighted by Crippen LogP contribution is 2.39. The van der Waals surface area contributed by atoms with E-state index >= 15 is 0 Å². The van der Waals surface area contributed by atoms with Gasteiger partial charge in [-0.3, -0.25) is 9.59 Å². The minimum Gasteiger partial charge on any atom is -0.416 e. The zero-order valence-electron chi connectivity index (χ0n) is 14.3. The first-order chi connectivity index (χ1) is 13.1. The van der Waals surface area contributed by atoms with Gasteiger partial charge in [-0.1, -0.05) is 23.4 Å². The number of carbonyl (C=O) groups excluding carboxylic acids is 2. The van der Waals surface area contributed by atoms with E-state index in [1.165, 1.54) is 11.8 Å². The van der Waals surface area contributed by atoms with Crippen LogP contribution in [-0.2, 0) is 37.0 Å². The quantitative estimate of drug-likeness (QED) is 0.586. The summed E-state index contributed by atoms with van der Waals surface area (Å²) in [6, 6.07) is 3.53. The molecule has 0 amide bonds.